The van der Waals surface area contributed by atoms with Crippen molar-refractivity contribution in [2.75, 3.05) is 35.5 Å². The van der Waals surface area contributed by atoms with Gasteiger partial charge in [-0.15, -0.1) is 0 Å². The highest BCUT2D eigenvalue weighted by molar-refractivity contribution is 6.05. The zero-order valence-electron chi connectivity index (χ0n) is 19.5. The molecule has 0 unspecified atom stereocenters. The molecule has 0 bridgehead atoms. The van der Waals surface area contributed by atoms with Crippen LogP contribution in [0.15, 0.2) is 18.2 Å². The fourth-order valence-corrected chi connectivity index (χ4v) is 4.23. The number of hydrogen-bond donors (Lipinski definition) is 1. The van der Waals surface area contributed by atoms with Crippen LogP contribution in [0, 0.1) is 0 Å². The molecular weight excluding hydrogens is 430 g/mol. The lowest BCUT2D eigenvalue weighted by atomic mass is 9.89. The summed E-state index contributed by atoms with van der Waals surface area (Å²) in [6.45, 7) is 1.42. The first kappa shape index (κ1) is 23.9. The van der Waals surface area contributed by atoms with Crippen molar-refractivity contribution in [3.8, 4) is 28.4 Å². The second-order valence-corrected chi connectivity index (χ2v) is 7.44. The first-order chi connectivity index (χ1) is 15.8. The Morgan fingerprint density at radius 3 is 1.97 bits per heavy atom. The number of esters is 2. The maximum atomic E-state index is 12.6. The van der Waals surface area contributed by atoms with Crippen molar-refractivity contribution >= 4 is 17.8 Å². The summed E-state index contributed by atoms with van der Waals surface area (Å²) in [7, 11) is 7.02. The number of fused-ring (bicyclic) bond motifs is 3. The molecule has 1 amide bonds. The van der Waals surface area contributed by atoms with E-state index < -0.39 is 18.0 Å². The molecule has 1 N–H and O–H groups in total. The maximum Gasteiger partial charge on any atom is 0.338 e. The summed E-state index contributed by atoms with van der Waals surface area (Å²) >= 11 is 0. The van der Waals surface area contributed by atoms with E-state index in [4.69, 9.17) is 23.7 Å². The summed E-state index contributed by atoms with van der Waals surface area (Å²) in [6.07, 6.45) is 1.10. The van der Waals surface area contributed by atoms with Crippen molar-refractivity contribution in [1.82, 2.24) is 5.32 Å². The highest BCUT2D eigenvalue weighted by atomic mass is 16.5. The van der Waals surface area contributed by atoms with Gasteiger partial charge in [-0.3, -0.25) is 4.79 Å². The van der Waals surface area contributed by atoms with Crippen LogP contribution in [0.25, 0.3) is 11.1 Å². The van der Waals surface area contributed by atoms with Crippen LogP contribution in [0.3, 0.4) is 0 Å². The molecule has 0 aromatic heterocycles. The quantitative estimate of drug-likeness (QED) is 0.659. The van der Waals surface area contributed by atoms with E-state index in [1.165, 1.54) is 42.5 Å². The number of methoxy groups -OCH3 is 5. The van der Waals surface area contributed by atoms with Gasteiger partial charge >= 0.3 is 11.9 Å². The second-order valence-electron chi connectivity index (χ2n) is 7.44. The third-order valence-electron chi connectivity index (χ3n) is 5.64. The molecule has 0 heterocycles. The van der Waals surface area contributed by atoms with E-state index in [0.29, 0.717) is 46.8 Å². The summed E-state index contributed by atoms with van der Waals surface area (Å²) in [5.74, 6) is -0.316. The van der Waals surface area contributed by atoms with E-state index in [1.54, 1.807) is 12.1 Å². The fraction of sp³-hybridized carbons (Fsp3) is 0.375. The molecule has 9 heteroatoms. The van der Waals surface area contributed by atoms with Crippen LogP contribution in [-0.2, 0) is 20.7 Å². The van der Waals surface area contributed by atoms with Crippen molar-refractivity contribution in [2.45, 2.75) is 25.8 Å². The van der Waals surface area contributed by atoms with Crippen LogP contribution in [0.2, 0.25) is 0 Å². The molecule has 176 valence electrons. The lowest BCUT2D eigenvalue weighted by Gasteiger charge is -2.22. The molecule has 0 spiro atoms. The van der Waals surface area contributed by atoms with Gasteiger partial charge in [0.15, 0.2) is 11.5 Å². The van der Waals surface area contributed by atoms with Gasteiger partial charge in [-0.05, 0) is 47.7 Å². The predicted molar refractivity (Wildman–Crippen MR) is 119 cm³/mol. The van der Waals surface area contributed by atoms with Crippen LogP contribution in [0.5, 0.6) is 17.2 Å². The summed E-state index contributed by atoms with van der Waals surface area (Å²) in [4.78, 5) is 37.1. The number of benzene rings is 2. The molecule has 0 fully saturated rings. The van der Waals surface area contributed by atoms with E-state index in [1.807, 2.05) is 6.07 Å². The van der Waals surface area contributed by atoms with Crippen molar-refractivity contribution in [3.63, 3.8) is 0 Å². The summed E-state index contributed by atoms with van der Waals surface area (Å²) in [5.41, 5.74) is 2.88. The van der Waals surface area contributed by atoms with Gasteiger partial charge in [-0.2, -0.15) is 0 Å². The average molecular weight is 457 g/mol. The number of nitrogens with one attached hydrogen (secondary N) is 1. The van der Waals surface area contributed by atoms with Gasteiger partial charge in [-0.25, -0.2) is 9.59 Å². The van der Waals surface area contributed by atoms with Crippen molar-refractivity contribution in [2.24, 2.45) is 0 Å². The Morgan fingerprint density at radius 1 is 0.848 bits per heavy atom. The Bertz CT molecular complexity index is 1110. The third kappa shape index (κ3) is 4.30. The summed E-state index contributed by atoms with van der Waals surface area (Å²) < 4.78 is 26.6. The van der Waals surface area contributed by atoms with Crippen LogP contribution in [0.1, 0.15) is 51.2 Å². The average Bonchev–Trinajstić information content (AvgIpc) is 2.97. The highest BCUT2D eigenvalue weighted by Gasteiger charge is 2.32. The monoisotopic (exact) mass is 457 g/mol. The molecule has 2 aromatic rings. The van der Waals surface area contributed by atoms with Crippen LogP contribution in [0.4, 0.5) is 0 Å². The third-order valence-corrected chi connectivity index (χ3v) is 5.64. The molecular formula is C24H27NO8. The van der Waals surface area contributed by atoms with Crippen molar-refractivity contribution in [1.29, 1.82) is 0 Å². The van der Waals surface area contributed by atoms with Gasteiger partial charge in [0, 0.05) is 12.5 Å². The first-order valence-corrected chi connectivity index (χ1v) is 10.2. The number of carbonyl (C=O) groups excluding carboxylic acids is 3. The van der Waals surface area contributed by atoms with Gasteiger partial charge < -0.3 is 29.0 Å². The molecule has 33 heavy (non-hydrogen) atoms. The minimum Gasteiger partial charge on any atom is -0.493 e. The Kier molecular flexibility index (Phi) is 7.10. The Balaban J connectivity index is 2.45. The van der Waals surface area contributed by atoms with Gasteiger partial charge in [0.05, 0.1) is 52.7 Å². The van der Waals surface area contributed by atoms with Crippen LogP contribution >= 0.6 is 0 Å². The molecule has 3 rings (SSSR count). The Hall–Kier alpha value is -3.75. The Labute approximate surface area is 191 Å². The Morgan fingerprint density at radius 2 is 1.45 bits per heavy atom. The first-order valence-electron chi connectivity index (χ1n) is 10.2. The van der Waals surface area contributed by atoms with Gasteiger partial charge in [0.2, 0.25) is 11.7 Å². The number of amides is 1. The largest absolute Gasteiger partial charge is 0.493 e. The smallest absolute Gasteiger partial charge is 0.338 e. The molecule has 0 saturated heterocycles. The zero-order valence-corrected chi connectivity index (χ0v) is 19.5. The minimum absolute atomic E-state index is 0.0364. The summed E-state index contributed by atoms with van der Waals surface area (Å²) in [5, 5.41) is 2.94. The SMILES string of the molecule is COC(=O)c1cc2c(cc1C(=O)OC)[C@@H](NC(C)=O)CCc1cc(OC)c(OC)c(OC)c1-2. The molecule has 0 aliphatic heterocycles. The number of rotatable bonds is 6. The summed E-state index contributed by atoms with van der Waals surface area (Å²) in [6, 6.07) is 4.56. The van der Waals surface area contributed by atoms with E-state index >= 15 is 0 Å². The lowest BCUT2D eigenvalue weighted by Crippen LogP contribution is -2.27. The van der Waals surface area contributed by atoms with Crippen LogP contribution in [-0.4, -0.2) is 53.4 Å². The molecule has 1 aliphatic rings. The van der Waals surface area contributed by atoms with Crippen LogP contribution < -0.4 is 19.5 Å². The van der Waals surface area contributed by atoms with Gasteiger partial charge in [-0.1, -0.05) is 0 Å². The van der Waals surface area contributed by atoms with E-state index in [-0.39, 0.29) is 17.0 Å². The van der Waals surface area contributed by atoms with E-state index in [9.17, 15) is 14.4 Å². The molecule has 1 atom stereocenters. The standard InChI is InChI=1S/C24H27NO8/c1-12(26)25-18-8-7-13-9-19(29-2)21(30-3)22(31-4)20(13)15-11-17(24(28)33-6)16(10-14(15)18)23(27)32-5/h9-11,18H,7-8H2,1-6H3,(H,25,26)/t18-/m0/s1. The molecule has 0 radical (unpaired) electrons. The van der Waals surface area contributed by atoms with Gasteiger partial charge in [0.1, 0.15) is 0 Å². The maximum absolute atomic E-state index is 12.6. The topological polar surface area (TPSA) is 109 Å². The van der Waals surface area contributed by atoms with Crippen molar-refractivity contribution < 1.29 is 38.1 Å². The number of hydrogen-bond acceptors (Lipinski definition) is 8. The fourth-order valence-electron chi connectivity index (χ4n) is 4.23. The van der Waals surface area contributed by atoms with E-state index in [2.05, 4.69) is 5.32 Å². The molecule has 1 aliphatic carbocycles. The highest BCUT2D eigenvalue weighted by Crippen LogP contribution is 2.51. The number of aryl methyl sites for hydroxylation is 1. The minimum atomic E-state index is -0.695. The second kappa shape index (κ2) is 9.81. The number of ether oxygens (including phenoxy) is 5. The molecule has 9 nitrogen and oxygen atoms in total. The number of carbonyl (C=O) groups is 3. The van der Waals surface area contributed by atoms with Crippen molar-refractivity contribution in [3.05, 3.63) is 40.5 Å². The zero-order chi connectivity index (χ0) is 24.3. The molecule has 0 saturated carbocycles. The normalized spacial score (nSPS) is 14.2. The lowest BCUT2D eigenvalue weighted by molar-refractivity contribution is -0.119. The predicted octanol–water partition coefficient (Wildman–Crippen LogP) is 3.08. The van der Waals surface area contributed by atoms with E-state index in [0.717, 1.165) is 5.56 Å². The molecule has 2 aromatic carbocycles. The van der Waals surface area contributed by atoms with Gasteiger partial charge in [0.25, 0.3) is 0 Å².